The quantitative estimate of drug-likeness (QED) is 0.471. The summed E-state index contributed by atoms with van der Waals surface area (Å²) in [6.07, 6.45) is 4.72. The number of fused-ring (bicyclic) bond motifs is 2. The molecule has 126 valence electrons. The molecule has 0 aliphatic carbocycles. The standard InChI is InChI=1S/C23H22N.BrH/c1-2-3-14-24-17-22(16-21-10-6-7-11-23(21)24)20-13-12-18-8-4-5-9-19(18)15-20;/h4-13,15-17H,2-3,14H2,1H3;1H/q+1;/p-1. The van der Waals surface area contributed by atoms with Crippen LogP contribution < -0.4 is 21.5 Å². The van der Waals surface area contributed by atoms with Crippen molar-refractivity contribution >= 4 is 21.7 Å². The summed E-state index contributed by atoms with van der Waals surface area (Å²) in [5, 5.41) is 3.89. The van der Waals surface area contributed by atoms with Crippen LogP contribution in [-0.2, 0) is 6.54 Å². The van der Waals surface area contributed by atoms with E-state index in [1.807, 2.05) is 0 Å². The number of hydrogen-bond donors (Lipinski definition) is 0. The molecule has 0 saturated carbocycles. The van der Waals surface area contributed by atoms with Gasteiger partial charge in [-0.15, -0.1) is 0 Å². The predicted molar refractivity (Wildman–Crippen MR) is 102 cm³/mol. The van der Waals surface area contributed by atoms with Crippen LogP contribution in [0.5, 0.6) is 0 Å². The van der Waals surface area contributed by atoms with Gasteiger partial charge in [0.05, 0.1) is 0 Å². The SMILES string of the molecule is CCCC[n+]1cc(-c2ccc3ccccc3c2)cc2ccccc21.[Br-]. The fraction of sp³-hybridized carbons (Fsp3) is 0.174. The molecule has 1 nitrogen and oxygen atoms in total. The number of nitrogens with zero attached hydrogens (tertiary/aromatic N) is 1. The Bertz CT molecular complexity index is 1010. The first-order valence-electron chi connectivity index (χ1n) is 8.76. The molecule has 0 aliphatic rings. The van der Waals surface area contributed by atoms with E-state index >= 15 is 0 Å². The average molecular weight is 392 g/mol. The molecule has 25 heavy (non-hydrogen) atoms. The summed E-state index contributed by atoms with van der Waals surface area (Å²) < 4.78 is 2.41. The van der Waals surface area contributed by atoms with E-state index in [-0.39, 0.29) is 17.0 Å². The molecule has 0 unspecified atom stereocenters. The predicted octanol–water partition coefficient (Wildman–Crippen LogP) is 2.75. The minimum atomic E-state index is 0. The zero-order valence-electron chi connectivity index (χ0n) is 14.5. The lowest BCUT2D eigenvalue weighted by molar-refractivity contribution is -0.671. The number of rotatable bonds is 4. The van der Waals surface area contributed by atoms with Crippen molar-refractivity contribution in [2.24, 2.45) is 0 Å². The molecule has 4 rings (SSSR count). The fourth-order valence-electron chi connectivity index (χ4n) is 3.35. The normalized spacial score (nSPS) is 10.8. The van der Waals surface area contributed by atoms with E-state index in [1.165, 1.54) is 45.6 Å². The van der Waals surface area contributed by atoms with Crippen molar-refractivity contribution in [2.75, 3.05) is 0 Å². The summed E-state index contributed by atoms with van der Waals surface area (Å²) in [6, 6.07) is 26.3. The molecule has 0 atom stereocenters. The van der Waals surface area contributed by atoms with E-state index in [9.17, 15) is 0 Å². The van der Waals surface area contributed by atoms with Crippen LogP contribution in [0.1, 0.15) is 19.8 Å². The molecule has 0 bridgehead atoms. The van der Waals surface area contributed by atoms with Crippen molar-refractivity contribution in [1.82, 2.24) is 0 Å². The fourth-order valence-corrected chi connectivity index (χ4v) is 3.35. The Kier molecular flexibility index (Phi) is 5.50. The van der Waals surface area contributed by atoms with Crippen molar-refractivity contribution in [2.45, 2.75) is 26.3 Å². The molecule has 1 aromatic heterocycles. The Morgan fingerprint density at radius 2 is 1.40 bits per heavy atom. The molecule has 3 aromatic carbocycles. The number of aryl methyl sites for hydroxylation is 1. The van der Waals surface area contributed by atoms with E-state index < -0.39 is 0 Å². The third-order valence-corrected chi connectivity index (χ3v) is 4.69. The van der Waals surface area contributed by atoms with E-state index in [2.05, 4.69) is 90.5 Å². The summed E-state index contributed by atoms with van der Waals surface area (Å²) in [5.74, 6) is 0. The van der Waals surface area contributed by atoms with Crippen LogP contribution in [-0.4, -0.2) is 0 Å². The van der Waals surface area contributed by atoms with Crippen LogP contribution in [0, 0.1) is 0 Å². The lowest BCUT2D eigenvalue weighted by Gasteiger charge is -2.07. The highest BCUT2D eigenvalue weighted by Crippen LogP contribution is 2.26. The molecule has 0 aliphatic heterocycles. The second-order valence-corrected chi connectivity index (χ2v) is 6.40. The van der Waals surface area contributed by atoms with Crippen LogP contribution in [0.2, 0.25) is 0 Å². The number of para-hydroxylation sites is 1. The second-order valence-electron chi connectivity index (χ2n) is 6.40. The maximum absolute atomic E-state index is 2.41. The molecule has 2 heteroatoms. The van der Waals surface area contributed by atoms with Gasteiger partial charge in [-0.05, 0) is 34.5 Å². The van der Waals surface area contributed by atoms with Crippen molar-refractivity contribution in [3.05, 3.63) is 79.0 Å². The third kappa shape index (κ3) is 3.59. The number of benzene rings is 3. The van der Waals surface area contributed by atoms with Crippen LogP contribution in [0.25, 0.3) is 32.8 Å². The number of halogens is 1. The minimum Gasteiger partial charge on any atom is -1.00 e. The van der Waals surface area contributed by atoms with Gasteiger partial charge in [0.2, 0.25) is 5.52 Å². The lowest BCUT2D eigenvalue weighted by atomic mass is 10.0. The number of hydrogen-bond acceptors (Lipinski definition) is 0. The monoisotopic (exact) mass is 391 g/mol. The average Bonchev–Trinajstić information content (AvgIpc) is 2.65. The molecule has 0 N–H and O–H groups in total. The Morgan fingerprint density at radius 3 is 2.20 bits per heavy atom. The van der Waals surface area contributed by atoms with Gasteiger partial charge in [-0.2, -0.15) is 4.57 Å². The van der Waals surface area contributed by atoms with Gasteiger partial charge in [0, 0.05) is 23.4 Å². The molecule has 1 heterocycles. The maximum Gasteiger partial charge on any atom is 0.212 e. The number of pyridine rings is 1. The highest BCUT2D eigenvalue weighted by atomic mass is 79.9. The summed E-state index contributed by atoms with van der Waals surface area (Å²) >= 11 is 0. The molecular weight excluding hydrogens is 370 g/mol. The van der Waals surface area contributed by atoms with Gasteiger partial charge in [0.25, 0.3) is 0 Å². The van der Waals surface area contributed by atoms with Gasteiger partial charge >= 0.3 is 0 Å². The molecular formula is C23H22BrN. The number of aromatic nitrogens is 1. The van der Waals surface area contributed by atoms with Gasteiger partial charge in [-0.25, -0.2) is 0 Å². The van der Waals surface area contributed by atoms with Gasteiger partial charge in [0.15, 0.2) is 6.20 Å². The molecule has 0 saturated heterocycles. The third-order valence-electron chi connectivity index (χ3n) is 4.69. The molecule has 0 fully saturated rings. The highest BCUT2D eigenvalue weighted by molar-refractivity contribution is 5.88. The summed E-state index contributed by atoms with van der Waals surface area (Å²) in [5.41, 5.74) is 3.88. The van der Waals surface area contributed by atoms with E-state index in [1.54, 1.807) is 0 Å². The Labute approximate surface area is 159 Å². The zero-order valence-corrected chi connectivity index (χ0v) is 16.0. The van der Waals surface area contributed by atoms with E-state index in [0.717, 1.165) is 6.54 Å². The molecule has 0 amide bonds. The first-order valence-corrected chi connectivity index (χ1v) is 8.76. The topological polar surface area (TPSA) is 3.88 Å². The summed E-state index contributed by atoms with van der Waals surface area (Å²) in [4.78, 5) is 0. The van der Waals surface area contributed by atoms with Gasteiger partial charge in [-0.1, -0.05) is 61.9 Å². The van der Waals surface area contributed by atoms with Crippen LogP contribution in [0.3, 0.4) is 0 Å². The largest absolute Gasteiger partial charge is 1.00 e. The summed E-state index contributed by atoms with van der Waals surface area (Å²) in [6.45, 7) is 3.31. The lowest BCUT2D eigenvalue weighted by Crippen LogP contribution is -3.00. The first-order chi connectivity index (χ1) is 11.8. The van der Waals surface area contributed by atoms with Crippen molar-refractivity contribution in [3.63, 3.8) is 0 Å². The maximum atomic E-state index is 2.41. The van der Waals surface area contributed by atoms with Crippen LogP contribution >= 0.6 is 0 Å². The highest BCUT2D eigenvalue weighted by Gasteiger charge is 2.12. The van der Waals surface area contributed by atoms with E-state index in [4.69, 9.17) is 0 Å². The van der Waals surface area contributed by atoms with E-state index in [0.29, 0.717) is 0 Å². The second kappa shape index (κ2) is 7.79. The van der Waals surface area contributed by atoms with Gasteiger partial charge in [-0.3, -0.25) is 0 Å². The van der Waals surface area contributed by atoms with Gasteiger partial charge in [0.1, 0.15) is 6.54 Å². The molecule has 4 aromatic rings. The Balaban J connectivity index is 0.00000182. The van der Waals surface area contributed by atoms with Crippen LogP contribution in [0.15, 0.2) is 79.0 Å². The zero-order chi connectivity index (χ0) is 16.4. The van der Waals surface area contributed by atoms with Crippen molar-refractivity contribution in [3.8, 4) is 11.1 Å². The van der Waals surface area contributed by atoms with Gasteiger partial charge < -0.3 is 17.0 Å². The minimum absolute atomic E-state index is 0. The molecule has 0 spiro atoms. The first kappa shape index (κ1) is 17.6. The molecule has 0 radical (unpaired) electrons. The van der Waals surface area contributed by atoms with Crippen LogP contribution in [0.4, 0.5) is 0 Å². The van der Waals surface area contributed by atoms with Crippen molar-refractivity contribution < 1.29 is 21.5 Å². The Hall–Kier alpha value is -2.19. The van der Waals surface area contributed by atoms with Crippen molar-refractivity contribution in [1.29, 1.82) is 0 Å². The smallest absolute Gasteiger partial charge is 0.212 e. The number of unbranched alkanes of at least 4 members (excludes halogenated alkanes) is 1. The Morgan fingerprint density at radius 1 is 0.720 bits per heavy atom. The summed E-state index contributed by atoms with van der Waals surface area (Å²) in [7, 11) is 0.